The Bertz CT molecular complexity index is 1710. The van der Waals surface area contributed by atoms with Crippen molar-refractivity contribution in [2.24, 2.45) is 0 Å². The molecular weight excluding hydrogens is 752 g/mol. The molecule has 0 spiro atoms. The van der Waals surface area contributed by atoms with Gasteiger partial charge in [0, 0.05) is 28.7 Å². The molecule has 0 aliphatic heterocycles. The van der Waals surface area contributed by atoms with Gasteiger partial charge in [-0.2, -0.15) is 21.9 Å². The summed E-state index contributed by atoms with van der Waals surface area (Å²) in [6, 6.07) is 15.1. The zero-order chi connectivity index (χ0) is 35.3. The summed E-state index contributed by atoms with van der Waals surface area (Å²) in [5, 5.41) is 0. The van der Waals surface area contributed by atoms with E-state index in [1.807, 2.05) is 0 Å². The Balaban J connectivity index is 1.98. The van der Waals surface area contributed by atoms with Gasteiger partial charge in [0.25, 0.3) is 0 Å². The molecule has 1 N–H and O–H groups in total. The van der Waals surface area contributed by atoms with Crippen LogP contribution in [0.5, 0.6) is 0 Å². The summed E-state index contributed by atoms with van der Waals surface area (Å²) in [6.45, 7) is 4.54. The largest absolute Gasteiger partial charge is 0.404 e. The zero-order valence-corrected chi connectivity index (χ0v) is 30.2. The lowest BCUT2D eigenvalue weighted by Crippen LogP contribution is -2.30. The molecule has 0 radical (unpaired) electrons. The minimum atomic E-state index is -5.46. The quantitative estimate of drug-likeness (QED) is 0.106. The van der Waals surface area contributed by atoms with Crippen molar-refractivity contribution in [1.82, 2.24) is 4.31 Å². The first-order valence-electron chi connectivity index (χ1n) is 14.5. The Labute approximate surface area is 280 Å². The van der Waals surface area contributed by atoms with E-state index in [-0.39, 0.29) is 53.2 Å². The zero-order valence-electron chi connectivity index (χ0n) is 26.0. The van der Waals surface area contributed by atoms with Crippen LogP contribution >= 0.6 is 31.1 Å². The van der Waals surface area contributed by atoms with Gasteiger partial charge in [0.15, 0.2) is 0 Å². The fraction of sp³-hybridized carbons (Fsp3) is 0.400. The molecule has 3 aromatic carbocycles. The third-order valence-electron chi connectivity index (χ3n) is 6.95. The highest BCUT2D eigenvalue weighted by Crippen LogP contribution is 2.67. The number of nitrogens with zero attached hydrogens (tertiary/aromatic N) is 1. The molecule has 260 valence electrons. The molecule has 47 heavy (non-hydrogen) atoms. The molecule has 0 saturated heterocycles. The molecule has 17 heteroatoms. The maximum Gasteiger partial charge on any atom is 0.404 e. The average molecular weight is 789 g/mol. The first kappa shape index (κ1) is 39.5. The second-order valence-corrected chi connectivity index (χ2v) is 17.0. The number of benzene rings is 3. The van der Waals surface area contributed by atoms with E-state index in [9.17, 15) is 22.4 Å². The van der Waals surface area contributed by atoms with Gasteiger partial charge in [-0.3, -0.25) is 9.13 Å². The Morgan fingerprint density at radius 2 is 1.38 bits per heavy atom. The van der Waals surface area contributed by atoms with Gasteiger partial charge in [-0.25, -0.2) is 8.42 Å². The van der Waals surface area contributed by atoms with Crippen molar-refractivity contribution in [2.45, 2.75) is 69.5 Å². The molecule has 9 nitrogen and oxygen atoms in total. The highest BCUT2D eigenvalue weighted by atomic mass is 79.9. The highest BCUT2D eigenvalue weighted by Gasteiger charge is 2.55. The van der Waals surface area contributed by atoms with Crippen LogP contribution in [-0.2, 0) is 57.1 Å². The summed E-state index contributed by atoms with van der Waals surface area (Å²) in [5.41, 5.74) is -9.28. The summed E-state index contributed by atoms with van der Waals surface area (Å²) in [7, 11) is -14.6. The summed E-state index contributed by atoms with van der Waals surface area (Å²) < 4.78 is 129. The van der Waals surface area contributed by atoms with Gasteiger partial charge in [0.1, 0.15) is 0 Å². The van der Waals surface area contributed by atoms with Crippen molar-refractivity contribution in [1.29, 1.82) is 0 Å². The van der Waals surface area contributed by atoms with E-state index < -0.39 is 53.8 Å². The fourth-order valence-corrected chi connectivity index (χ4v) is 9.40. The molecule has 0 heterocycles. The number of hydrogen-bond acceptors (Lipinski definition) is 7. The number of halogens is 5. The van der Waals surface area contributed by atoms with E-state index in [1.54, 1.807) is 13.0 Å². The van der Waals surface area contributed by atoms with Crippen molar-refractivity contribution >= 4 is 41.1 Å². The van der Waals surface area contributed by atoms with Crippen LogP contribution in [-0.4, -0.2) is 36.9 Å². The normalized spacial score (nSPS) is 15.0. The van der Waals surface area contributed by atoms with Gasteiger partial charge < -0.3 is 18.5 Å². The maximum absolute atomic E-state index is 15.3. The van der Waals surface area contributed by atoms with Gasteiger partial charge in [0.05, 0.1) is 24.2 Å². The van der Waals surface area contributed by atoms with Gasteiger partial charge in [-0.15, -0.1) is 0 Å². The molecule has 2 atom stereocenters. The van der Waals surface area contributed by atoms with E-state index >= 15 is 17.6 Å². The Kier molecular flexibility index (Phi) is 13.2. The second kappa shape index (κ2) is 15.7. The third-order valence-corrected chi connectivity index (χ3v) is 13.2. The van der Waals surface area contributed by atoms with E-state index in [0.29, 0.717) is 0 Å². The van der Waals surface area contributed by atoms with Crippen LogP contribution in [0, 0.1) is 0 Å². The molecule has 0 fully saturated rings. The van der Waals surface area contributed by atoms with Crippen LogP contribution in [0.3, 0.4) is 0 Å². The highest BCUT2D eigenvalue weighted by molar-refractivity contribution is 9.10. The molecule has 0 amide bonds. The van der Waals surface area contributed by atoms with Crippen molar-refractivity contribution in [3.05, 3.63) is 99.5 Å². The minimum absolute atomic E-state index is 0.0804. The predicted octanol–water partition coefficient (Wildman–Crippen LogP) is 9.21. The Morgan fingerprint density at radius 3 is 1.89 bits per heavy atom. The smallest absolute Gasteiger partial charge is 0.320 e. The van der Waals surface area contributed by atoms with Gasteiger partial charge in [0.2, 0.25) is 10.0 Å². The number of alkyl halides is 4. The van der Waals surface area contributed by atoms with Crippen molar-refractivity contribution < 1.29 is 53.6 Å². The van der Waals surface area contributed by atoms with Crippen molar-refractivity contribution in [2.75, 3.05) is 13.2 Å². The predicted molar refractivity (Wildman–Crippen MR) is 173 cm³/mol. The molecular formula is C30H36BrF4NO8P2S. The minimum Gasteiger partial charge on any atom is -0.320 e. The molecule has 3 rings (SSSR count). The lowest BCUT2D eigenvalue weighted by Gasteiger charge is -2.27. The van der Waals surface area contributed by atoms with E-state index in [4.69, 9.17) is 13.6 Å². The number of rotatable bonds is 17. The van der Waals surface area contributed by atoms with Gasteiger partial charge >= 0.3 is 26.5 Å². The maximum atomic E-state index is 15.3. The van der Waals surface area contributed by atoms with Crippen molar-refractivity contribution in [3.63, 3.8) is 0 Å². The first-order valence-corrected chi connectivity index (χ1v) is 19.8. The monoisotopic (exact) mass is 787 g/mol. The van der Waals surface area contributed by atoms with Crippen LogP contribution in [0.4, 0.5) is 17.6 Å². The Morgan fingerprint density at radius 1 is 0.851 bits per heavy atom. The van der Waals surface area contributed by atoms with Crippen LogP contribution < -0.4 is 0 Å². The molecule has 0 aliphatic rings. The SMILES string of the molecule is CCOP(=O)(OCC)C(F)(F)c1ccc(CN(Cc2ccc(C(F)(F)P(=O)(O)OC(C)CC)c(Br)c2)S(=O)(=O)c2ccccc2)cc1. The number of hydrogen-bond donors (Lipinski definition) is 1. The van der Waals surface area contributed by atoms with Gasteiger partial charge in [-0.1, -0.05) is 77.5 Å². The summed E-state index contributed by atoms with van der Waals surface area (Å²) in [5.74, 6) is 0. The average Bonchev–Trinajstić information content (AvgIpc) is 3.01. The topological polar surface area (TPSA) is 119 Å². The van der Waals surface area contributed by atoms with Crippen LogP contribution in [0.15, 0.2) is 82.2 Å². The summed E-state index contributed by atoms with van der Waals surface area (Å²) in [4.78, 5) is 10.0. The van der Waals surface area contributed by atoms with E-state index in [1.165, 1.54) is 69.3 Å². The lowest BCUT2D eigenvalue weighted by molar-refractivity contribution is 0.0341. The fourth-order valence-electron chi connectivity index (χ4n) is 4.32. The van der Waals surface area contributed by atoms with E-state index in [0.717, 1.165) is 22.5 Å². The second-order valence-electron chi connectivity index (χ2n) is 10.4. The molecule has 2 unspecified atom stereocenters. The molecule has 0 bridgehead atoms. The van der Waals surface area contributed by atoms with E-state index in [2.05, 4.69) is 15.9 Å². The standard InChI is InChI=1S/C30H36BrF4NO8P2S/c1-5-22(4)44-45(37,38)30(34,35)27-18-15-24(19-28(27)31)21-36(47(40,41)26-11-9-8-10-12-26)20-23-13-16-25(17-14-23)29(32,33)46(39,42-6-2)43-7-3/h8-19,22H,5-7,20-21H2,1-4H3,(H,37,38). The molecule has 0 saturated carbocycles. The molecule has 0 aliphatic carbocycles. The third kappa shape index (κ3) is 8.81. The molecule has 0 aromatic heterocycles. The summed E-state index contributed by atoms with van der Waals surface area (Å²) in [6.07, 6.45) is -0.690. The van der Waals surface area contributed by atoms with Gasteiger partial charge in [-0.05, 0) is 56.5 Å². The Hall–Kier alpha value is -1.93. The lowest BCUT2D eigenvalue weighted by atomic mass is 10.1. The van der Waals surface area contributed by atoms with Crippen LogP contribution in [0.2, 0.25) is 0 Å². The first-order chi connectivity index (χ1) is 21.9. The van der Waals surface area contributed by atoms with Crippen molar-refractivity contribution in [3.8, 4) is 0 Å². The summed E-state index contributed by atoms with van der Waals surface area (Å²) >= 11 is 3.03. The van der Waals surface area contributed by atoms with Crippen LogP contribution in [0.1, 0.15) is 56.4 Å². The molecule has 3 aromatic rings. The van der Waals surface area contributed by atoms with Crippen LogP contribution in [0.25, 0.3) is 0 Å². The number of sulfonamides is 1.